The van der Waals surface area contributed by atoms with E-state index >= 15 is 0 Å². The summed E-state index contributed by atoms with van der Waals surface area (Å²) < 4.78 is 18.9. The van der Waals surface area contributed by atoms with Crippen LogP contribution in [0.3, 0.4) is 0 Å². The molecule has 1 atom stereocenters. The first kappa shape index (κ1) is 23.9. The maximum atomic E-state index is 13.3. The van der Waals surface area contributed by atoms with E-state index in [-0.39, 0.29) is 12.1 Å². The average molecular weight is 477 g/mol. The number of rotatable bonds is 6. The molecule has 1 aliphatic rings. The molecule has 0 aromatic heterocycles. The van der Waals surface area contributed by atoms with Crippen LogP contribution >= 0.6 is 0 Å². The lowest BCUT2D eigenvalue weighted by Gasteiger charge is -2.29. The highest BCUT2D eigenvalue weighted by atomic mass is 19.1. The lowest BCUT2D eigenvalue weighted by molar-refractivity contribution is -0.150. The fraction of sp³-hybridized carbons (Fsp3) is 0.231. The number of halogens is 1. The van der Waals surface area contributed by atoms with Crippen LogP contribution in [0.5, 0.6) is 5.75 Å². The fourth-order valence-electron chi connectivity index (χ4n) is 3.82. The van der Waals surface area contributed by atoms with E-state index in [0.717, 1.165) is 32.8 Å². The normalized spacial score (nSPS) is 15.5. The van der Waals surface area contributed by atoms with Crippen molar-refractivity contribution in [1.29, 1.82) is 0 Å². The van der Waals surface area contributed by atoms with Gasteiger partial charge in [0.1, 0.15) is 17.6 Å². The third kappa shape index (κ3) is 5.13. The van der Waals surface area contributed by atoms with Crippen LogP contribution in [0.15, 0.2) is 66.7 Å². The van der Waals surface area contributed by atoms with Gasteiger partial charge < -0.3 is 4.74 Å². The molecule has 0 radical (unpaired) electrons. The SMILES string of the molecule is CC(C)C(=O)N(NC(=O)COc1ccc2ccccc2c1)C1CC(=O)N(c2ccc(F)cc2)C1=O. The van der Waals surface area contributed by atoms with Crippen LogP contribution in [0.25, 0.3) is 10.8 Å². The number of fused-ring (bicyclic) bond motifs is 1. The molecule has 4 amide bonds. The van der Waals surface area contributed by atoms with Gasteiger partial charge in [0.2, 0.25) is 11.8 Å². The van der Waals surface area contributed by atoms with Crippen molar-refractivity contribution >= 4 is 40.1 Å². The Balaban J connectivity index is 1.48. The summed E-state index contributed by atoms with van der Waals surface area (Å²) >= 11 is 0. The number of nitrogens with zero attached hydrogens (tertiary/aromatic N) is 2. The van der Waals surface area contributed by atoms with Crippen LogP contribution < -0.4 is 15.1 Å². The maximum Gasteiger partial charge on any atom is 0.276 e. The van der Waals surface area contributed by atoms with E-state index < -0.39 is 48.0 Å². The summed E-state index contributed by atoms with van der Waals surface area (Å²) in [5.41, 5.74) is 2.63. The smallest absolute Gasteiger partial charge is 0.276 e. The molecule has 0 aliphatic carbocycles. The first-order valence-electron chi connectivity index (χ1n) is 11.1. The summed E-state index contributed by atoms with van der Waals surface area (Å²) in [5, 5.41) is 2.87. The number of hydrogen-bond acceptors (Lipinski definition) is 5. The number of amides is 4. The summed E-state index contributed by atoms with van der Waals surface area (Å²) in [6.45, 7) is 2.83. The highest BCUT2D eigenvalue weighted by molar-refractivity contribution is 6.23. The van der Waals surface area contributed by atoms with Crippen LogP contribution in [0.2, 0.25) is 0 Å². The molecule has 1 aliphatic heterocycles. The van der Waals surface area contributed by atoms with E-state index in [9.17, 15) is 23.6 Å². The number of anilines is 1. The summed E-state index contributed by atoms with van der Waals surface area (Å²) in [5.74, 6) is -3.04. The molecule has 9 heteroatoms. The molecule has 0 bridgehead atoms. The monoisotopic (exact) mass is 477 g/mol. The van der Waals surface area contributed by atoms with E-state index in [1.165, 1.54) is 12.1 Å². The van der Waals surface area contributed by atoms with Crippen LogP contribution in [-0.4, -0.2) is 41.3 Å². The van der Waals surface area contributed by atoms with Gasteiger partial charge in [0.05, 0.1) is 12.1 Å². The van der Waals surface area contributed by atoms with Crippen molar-refractivity contribution in [1.82, 2.24) is 10.4 Å². The van der Waals surface area contributed by atoms with Crippen molar-refractivity contribution in [2.75, 3.05) is 11.5 Å². The van der Waals surface area contributed by atoms with Crippen molar-refractivity contribution in [2.24, 2.45) is 5.92 Å². The maximum absolute atomic E-state index is 13.3. The highest BCUT2D eigenvalue weighted by Gasteiger charge is 2.45. The zero-order valence-corrected chi connectivity index (χ0v) is 19.2. The molecule has 1 N–H and O–H groups in total. The van der Waals surface area contributed by atoms with Crippen molar-refractivity contribution in [2.45, 2.75) is 26.3 Å². The topological polar surface area (TPSA) is 96.0 Å². The minimum atomic E-state index is -1.23. The van der Waals surface area contributed by atoms with Crippen molar-refractivity contribution in [3.05, 3.63) is 72.5 Å². The molecule has 35 heavy (non-hydrogen) atoms. The van der Waals surface area contributed by atoms with Gasteiger partial charge in [-0.1, -0.05) is 44.2 Å². The third-order valence-electron chi connectivity index (χ3n) is 5.59. The highest BCUT2D eigenvalue weighted by Crippen LogP contribution is 2.26. The van der Waals surface area contributed by atoms with Gasteiger partial charge in [0.15, 0.2) is 6.61 Å². The average Bonchev–Trinajstić information content (AvgIpc) is 3.14. The van der Waals surface area contributed by atoms with Gasteiger partial charge >= 0.3 is 0 Å². The summed E-state index contributed by atoms with van der Waals surface area (Å²) in [6.07, 6.45) is -0.319. The Hall–Kier alpha value is -4.27. The Labute approximate surface area is 201 Å². The number of carbonyl (C=O) groups is 4. The number of hydrogen-bond donors (Lipinski definition) is 1. The van der Waals surface area contributed by atoms with Crippen LogP contribution in [-0.2, 0) is 19.2 Å². The number of benzene rings is 3. The van der Waals surface area contributed by atoms with Crippen molar-refractivity contribution in [3.8, 4) is 5.75 Å². The fourth-order valence-corrected chi connectivity index (χ4v) is 3.82. The summed E-state index contributed by atoms with van der Waals surface area (Å²) in [6, 6.07) is 16.7. The Morgan fingerprint density at radius 2 is 1.74 bits per heavy atom. The van der Waals surface area contributed by atoms with Gasteiger partial charge in [-0.25, -0.2) is 14.3 Å². The number of nitrogens with one attached hydrogen (secondary N) is 1. The Morgan fingerprint density at radius 1 is 1.06 bits per heavy atom. The summed E-state index contributed by atoms with van der Waals surface area (Å²) in [4.78, 5) is 52.1. The Kier molecular flexibility index (Phi) is 6.77. The Morgan fingerprint density at radius 3 is 2.43 bits per heavy atom. The van der Waals surface area contributed by atoms with Gasteiger partial charge in [-0.05, 0) is 47.2 Å². The quantitative estimate of drug-likeness (QED) is 0.435. The molecule has 3 aromatic carbocycles. The molecule has 8 nitrogen and oxygen atoms in total. The largest absolute Gasteiger partial charge is 0.484 e. The molecule has 1 heterocycles. The number of carbonyl (C=O) groups excluding carboxylic acids is 4. The number of ether oxygens (including phenoxy) is 1. The molecular weight excluding hydrogens is 453 g/mol. The van der Waals surface area contributed by atoms with E-state index in [2.05, 4.69) is 5.43 Å². The first-order chi connectivity index (χ1) is 16.7. The Bertz CT molecular complexity index is 1290. The van der Waals surface area contributed by atoms with Crippen LogP contribution in [0.4, 0.5) is 10.1 Å². The third-order valence-corrected chi connectivity index (χ3v) is 5.59. The molecule has 180 valence electrons. The van der Waals surface area contributed by atoms with Gasteiger partial charge in [0, 0.05) is 5.92 Å². The van der Waals surface area contributed by atoms with Crippen molar-refractivity contribution in [3.63, 3.8) is 0 Å². The summed E-state index contributed by atoms with van der Waals surface area (Å²) in [7, 11) is 0. The molecule has 1 unspecified atom stereocenters. The number of imide groups is 1. The molecule has 4 rings (SSSR count). The van der Waals surface area contributed by atoms with Gasteiger partial charge in [0.25, 0.3) is 11.8 Å². The lowest BCUT2D eigenvalue weighted by Crippen LogP contribution is -2.56. The molecule has 0 saturated carbocycles. The van der Waals surface area contributed by atoms with Crippen LogP contribution in [0.1, 0.15) is 20.3 Å². The molecule has 3 aromatic rings. The van der Waals surface area contributed by atoms with Gasteiger partial charge in [-0.2, -0.15) is 0 Å². The minimum Gasteiger partial charge on any atom is -0.484 e. The zero-order valence-electron chi connectivity index (χ0n) is 19.2. The van der Waals surface area contributed by atoms with E-state index in [1.54, 1.807) is 26.0 Å². The molecule has 0 spiro atoms. The van der Waals surface area contributed by atoms with E-state index in [4.69, 9.17) is 4.74 Å². The standard InChI is InChI=1S/C26H24FN3O5/c1-16(2)25(33)30(22-14-24(32)29(26(22)34)20-10-8-19(27)9-11-20)28-23(31)15-35-21-12-7-17-5-3-4-6-18(17)13-21/h3-13,16,22H,14-15H2,1-2H3,(H,28,31). The predicted octanol–water partition coefficient (Wildman–Crippen LogP) is 3.21. The number of hydrazine groups is 1. The van der Waals surface area contributed by atoms with Gasteiger partial charge in [-0.3, -0.25) is 24.6 Å². The van der Waals surface area contributed by atoms with E-state index in [0.29, 0.717) is 5.75 Å². The molecule has 1 saturated heterocycles. The second-order valence-corrected chi connectivity index (χ2v) is 8.46. The predicted molar refractivity (Wildman–Crippen MR) is 127 cm³/mol. The molecular formula is C26H24FN3O5. The zero-order chi connectivity index (χ0) is 25.1. The second kappa shape index (κ2) is 9.92. The minimum absolute atomic E-state index is 0.187. The lowest BCUT2D eigenvalue weighted by atomic mass is 10.1. The first-order valence-corrected chi connectivity index (χ1v) is 11.1. The van der Waals surface area contributed by atoms with Crippen LogP contribution in [0, 0.1) is 11.7 Å². The van der Waals surface area contributed by atoms with Crippen molar-refractivity contribution < 1.29 is 28.3 Å². The van der Waals surface area contributed by atoms with Gasteiger partial charge in [-0.15, -0.1) is 0 Å². The molecule has 1 fully saturated rings. The van der Waals surface area contributed by atoms with E-state index in [1.807, 2.05) is 30.3 Å². The second-order valence-electron chi connectivity index (χ2n) is 8.46.